The molecule has 5 nitrogen and oxygen atoms in total. The second-order valence-electron chi connectivity index (χ2n) is 5.75. The Hall–Kier alpha value is -1.95. The van der Waals surface area contributed by atoms with Crippen molar-refractivity contribution in [3.8, 4) is 0 Å². The number of fused-ring (bicyclic) bond motifs is 1. The molecule has 1 atom stereocenters. The van der Waals surface area contributed by atoms with Crippen molar-refractivity contribution in [2.75, 3.05) is 0 Å². The van der Waals surface area contributed by atoms with Crippen molar-refractivity contribution in [2.24, 2.45) is 0 Å². The lowest BCUT2D eigenvalue weighted by Gasteiger charge is -2.19. The summed E-state index contributed by atoms with van der Waals surface area (Å²) in [5.74, 6) is 0.940. The molecule has 1 aromatic carbocycles. The average molecular weight is 337 g/mol. The molecule has 1 amide bonds. The smallest absolute Gasteiger partial charge is 0.225 e. The fourth-order valence-electron chi connectivity index (χ4n) is 2.87. The van der Waals surface area contributed by atoms with Gasteiger partial charge in [0.1, 0.15) is 11.6 Å². The summed E-state index contributed by atoms with van der Waals surface area (Å²) < 4.78 is 15.8. The zero-order valence-corrected chi connectivity index (χ0v) is 13.6. The first-order valence-electron chi connectivity index (χ1n) is 7.70. The minimum Gasteiger partial charge on any atom is -0.346 e. The number of aromatic nitrogens is 3. The summed E-state index contributed by atoms with van der Waals surface area (Å²) in [6.45, 7) is 2.73. The number of nitrogens with one attached hydrogen (secondary N) is 1. The standard InChI is InChI=1S/C16H18ClFN4O/c1-10(16-21-20-14-7-2-3-8-22(14)16)19-15(23)9-11-12(17)5-4-6-13(11)18/h4-6,10H,2-3,7-9H2,1H3,(H,19,23). The summed E-state index contributed by atoms with van der Waals surface area (Å²) in [7, 11) is 0. The Bertz CT molecular complexity index is 711. The third kappa shape index (κ3) is 3.37. The normalized spacial score (nSPS) is 15.1. The van der Waals surface area contributed by atoms with E-state index < -0.39 is 5.82 Å². The third-order valence-corrected chi connectivity index (χ3v) is 4.41. The van der Waals surface area contributed by atoms with E-state index in [0.29, 0.717) is 0 Å². The maximum atomic E-state index is 13.8. The van der Waals surface area contributed by atoms with Crippen LogP contribution in [0.4, 0.5) is 4.39 Å². The van der Waals surface area contributed by atoms with Crippen LogP contribution in [0.3, 0.4) is 0 Å². The van der Waals surface area contributed by atoms with E-state index in [2.05, 4.69) is 20.1 Å². The molecule has 0 aliphatic carbocycles. The van der Waals surface area contributed by atoms with Gasteiger partial charge in [-0.1, -0.05) is 17.7 Å². The Balaban J connectivity index is 1.69. The van der Waals surface area contributed by atoms with Gasteiger partial charge in [0.15, 0.2) is 5.82 Å². The van der Waals surface area contributed by atoms with Gasteiger partial charge < -0.3 is 9.88 Å². The number of halogens is 2. The molecule has 0 saturated carbocycles. The highest BCUT2D eigenvalue weighted by molar-refractivity contribution is 6.31. The quantitative estimate of drug-likeness (QED) is 0.934. The third-order valence-electron chi connectivity index (χ3n) is 4.05. The van der Waals surface area contributed by atoms with Crippen molar-refractivity contribution in [3.63, 3.8) is 0 Å². The minimum absolute atomic E-state index is 0.100. The topological polar surface area (TPSA) is 59.8 Å². The SMILES string of the molecule is CC(NC(=O)Cc1c(F)cccc1Cl)c1nnc2n1CCCC2. The number of hydrogen-bond acceptors (Lipinski definition) is 3. The predicted octanol–water partition coefficient (Wildman–Crippen LogP) is 2.83. The van der Waals surface area contributed by atoms with Crippen molar-refractivity contribution >= 4 is 17.5 Å². The van der Waals surface area contributed by atoms with Gasteiger partial charge in [-0.15, -0.1) is 10.2 Å². The van der Waals surface area contributed by atoms with Crippen LogP contribution in [0, 0.1) is 5.82 Å². The van der Waals surface area contributed by atoms with E-state index in [4.69, 9.17) is 11.6 Å². The maximum absolute atomic E-state index is 13.8. The highest BCUT2D eigenvalue weighted by atomic mass is 35.5. The van der Waals surface area contributed by atoms with Crippen LogP contribution in [0.15, 0.2) is 18.2 Å². The fraction of sp³-hybridized carbons (Fsp3) is 0.438. The van der Waals surface area contributed by atoms with Gasteiger partial charge in [-0.25, -0.2) is 4.39 Å². The molecule has 1 aromatic heterocycles. The van der Waals surface area contributed by atoms with Crippen LogP contribution in [0.5, 0.6) is 0 Å². The van der Waals surface area contributed by atoms with Crippen LogP contribution in [0.25, 0.3) is 0 Å². The summed E-state index contributed by atoms with van der Waals surface area (Å²) >= 11 is 5.96. The first-order chi connectivity index (χ1) is 11.1. The van der Waals surface area contributed by atoms with Crippen molar-refractivity contribution in [3.05, 3.63) is 46.3 Å². The molecule has 2 aromatic rings. The number of nitrogens with zero attached hydrogens (tertiary/aromatic N) is 3. The molecule has 0 bridgehead atoms. The monoisotopic (exact) mass is 336 g/mol. The van der Waals surface area contributed by atoms with Gasteiger partial charge >= 0.3 is 0 Å². The lowest BCUT2D eigenvalue weighted by Crippen LogP contribution is -2.31. The molecule has 1 unspecified atom stereocenters. The van der Waals surface area contributed by atoms with Gasteiger partial charge in [0, 0.05) is 23.6 Å². The Labute approximate surface area is 138 Å². The lowest BCUT2D eigenvalue weighted by atomic mass is 10.1. The highest BCUT2D eigenvalue weighted by Crippen LogP contribution is 2.21. The highest BCUT2D eigenvalue weighted by Gasteiger charge is 2.22. The molecule has 1 N–H and O–H groups in total. The van der Waals surface area contributed by atoms with Crippen LogP contribution in [-0.2, 0) is 24.2 Å². The first kappa shape index (κ1) is 15.9. The zero-order chi connectivity index (χ0) is 16.4. The van der Waals surface area contributed by atoms with Crippen molar-refractivity contribution in [2.45, 2.75) is 45.2 Å². The summed E-state index contributed by atoms with van der Waals surface area (Å²) in [5.41, 5.74) is 0.210. The number of aryl methyl sites for hydroxylation is 1. The van der Waals surface area contributed by atoms with Gasteiger partial charge in [0.2, 0.25) is 5.91 Å². The van der Waals surface area contributed by atoms with E-state index in [1.165, 1.54) is 12.1 Å². The number of hydrogen-bond donors (Lipinski definition) is 1. The molecular weight excluding hydrogens is 319 g/mol. The van der Waals surface area contributed by atoms with Gasteiger partial charge in [0.05, 0.1) is 12.5 Å². The van der Waals surface area contributed by atoms with Gasteiger partial charge in [-0.2, -0.15) is 0 Å². The summed E-state index contributed by atoms with van der Waals surface area (Å²) in [6.07, 6.45) is 3.02. The van der Waals surface area contributed by atoms with E-state index in [1.807, 2.05) is 6.92 Å². The van der Waals surface area contributed by atoms with Gasteiger partial charge in [0.25, 0.3) is 0 Å². The molecule has 3 rings (SSSR count). The Morgan fingerprint density at radius 2 is 2.26 bits per heavy atom. The van der Waals surface area contributed by atoms with Gasteiger partial charge in [-0.3, -0.25) is 4.79 Å². The molecule has 1 aliphatic heterocycles. The summed E-state index contributed by atoms with van der Waals surface area (Å²) in [4.78, 5) is 12.2. The van der Waals surface area contributed by atoms with Crippen LogP contribution in [0.2, 0.25) is 5.02 Å². The lowest BCUT2D eigenvalue weighted by molar-refractivity contribution is -0.121. The number of amides is 1. The van der Waals surface area contributed by atoms with E-state index in [1.54, 1.807) is 6.07 Å². The van der Waals surface area contributed by atoms with Crippen molar-refractivity contribution < 1.29 is 9.18 Å². The van der Waals surface area contributed by atoms with E-state index in [0.717, 1.165) is 37.5 Å². The molecule has 0 radical (unpaired) electrons. The molecule has 1 aliphatic rings. The summed E-state index contributed by atoms with van der Waals surface area (Å²) in [6, 6.07) is 4.11. The van der Waals surface area contributed by atoms with E-state index in [-0.39, 0.29) is 29.0 Å². The van der Waals surface area contributed by atoms with Crippen molar-refractivity contribution in [1.29, 1.82) is 0 Å². The molecule has 0 fully saturated rings. The molecule has 23 heavy (non-hydrogen) atoms. The average Bonchev–Trinajstić information content (AvgIpc) is 2.95. The first-order valence-corrected chi connectivity index (χ1v) is 8.08. The van der Waals surface area contributed by atoms with Gasteiger partial charge in [-0.05, 0) is 31.9 Å². The number of rotatable bonds is 4. The largest absolute Gasteiger partial charge is 0.346 e. The second-order valence-corrected chi connectivity index (χ2v) is 6.16. The second kappa shape index (κ2) is 6.66. The predicted molar refractivity (Wildman–Crippen MR) is 84.6 cm³/mol. The maximum Gasteiger partial charge on any atom is 0.225 e. The Kier molecular flexibility index (Phi) is 4.61. The Morgan fingerprint density at radius 3 is 3.04 bits per heavy atom. The Morgan fingerprint density at radius 1 is 1.43 bits per heavy atom. The van der Waals surface area contributed by atoms with Crippen LogP contribution in [-0.4, -0.2) is 20.7 Å². The van der Waals surface area contributed by atoms with Crippen LogP contribution in [0.1, 0.15) is 43.0 Å². The minimum atomic E-state index is -0.472. The number of carbonyl (C=O) groups is 1. The van der Waals surface area contributed by atoms with E-state index >= 15 is 0 Å². The van der Waals surface area contributed by atoms with Crippen molar-refractivity contribution in [1.82, 2.24) is 20.1 Å². The number of benzene rings is 1. The van der Waals surface area contributed by atoms with E-state index in [9.17, 15) is 9.18 Å². The molecule has 0 saturated heterocycles. The van der Waals surface area contributed by atoms with Crippen LogP contribution >= 0.6 is 11.6 Å². The molecule has 2 heterocycles. The molecule has 7 heteroatoms. The molecule has 0 spiro atoms. The summed E-state index contributed by atoms with van der Waals surface area (Å²) in [5, 5.41) is 11.5. The fourth-order valence-corrected chi connectivity index (χ4v) is 3.10. The van der Waals surface area contributed by atoms with Crippen LogP contribution < -0.4 is 5.32 Å². The molecular formula is C16H18ClFN4O. The zero-order valence-electron chi connectivity index (χ0n) is 12.9. The number of carbonyl (C=O) groups excluding carboxylic acids is 1. The molecule has 122 valence electrons.